The lowest BCUT2D eigenvalue weighted by atomic mass is 10.2. The van der Waals surface area contributed by atoms with Crippen molar-refractivity contribution >= 4 is 45.3 Å². The monoisotopic (exact) mass is 229 g/mol. The number of hydrogen-bond acceptors (Lipinski definition) is 2. The number of aliphatic imine (C=N–C) groups is 2. The van der Waals surface area contributed by atoms with Crippen LogP contribution in [-0.2, 0) is 0 Å². The Morgan fingerprint density at radius 2 is 2.45 bits per heavy atom. The molecular formula is C6H4BrN3S. The summed E-state index contributed by atoms with van der Waals surface area (Å²) in [6.45, 7) is 0. The summed E-state index contributed by atoms with van der Waals surface area (Å²) < 4.78 is 0.957. The van der Waals surface area contributed by atoms with Crippen molar-refractivity contribution < 1.29 is 0 Å². The van der Waals surface area contributed by atoms with Crippen molar-refractivity contribution in [3.05, 3.63) is 10.6 Å². The molecule has 0 saturated carbocycles. The molecule has 2 aliphatic rings. The Hall–Kier alpha value is -0.550. The molecule has 0 aromatic carbocycles. The predicted octanol–water partition coefficient (Wildman–Crippen LogP) is 1.00. The van der Waals surface area contributed by atoms with Gasteiger partial charge in [0.1, 0.15) is 6.04 Å². The molecule has 1 atom stereocenters. The predicted molar refractivity (Wildman–Crippen MR) is 52.5 cm³/mol. The van der Waals surface area contributed by atoms with Crippen molar-refractivity contribution in [2.45, 2.75) is 6.04 Å². The van der Waals surface area contributed by atoms with E-state index >= 15 is 0 Å². The quantitative estimate of drug-likeness (QED) is 0.630. The minimum Gasteiger partial charge on any atom is -0.347 e. The molecule has 0 amide bonds. The summed E-state index contributed by atoms with van der Waals surface area (Å²) in [5.74, 6) is 0.748. The highest BCUT2D eigenvalue weighted by atomic mass is 79.9. The maximum Gasteiger partial charge on any atom is 0.195 e. The Labute approximate surface area is 77.4 Å². The van der Waals surface area contributed by atoms with E-state index in [0.29, 0.717) is 5.11 Å². The van der Waals surface area contributed by atoms with Gasteiger partial charge in [-0.25, -0.2) is 9.98 Å². The van der Waals surface area contributed by atoms with Gasteiger partial charge in [-0.15, -0.1) is 0 Å². The van der Waals surface area contributed by atoms with E-state index < -0.39 is 0 Å². The number of fused-ring (bicyclic) bond motifs is 1. The number of allylic oxidation sites excluding steroid dienone is 1. The van der Waals surface area contributed by atoms with Crippen molar-refractivity contribution in [1.29, 1.82) is 0 Å². The molecule has 0 radical (unpaired) electrons. The zero-order valence-electron chi connectivity index (χ0n) is 5.41. The van der Waals surface area contributed by atoms with Gasteiger partial charge in [-0.05, 0) is 34.2 Å². The molecule has 2 rings (SSSR count). The molecule has 0 aromatic rings. The third-order valence-corrected chi connectivity index (χ3v) is 2.10. The molecule has 56 valence electrons. The van der Waals surface area contributed by atoms with E-state index in [0.717, 1.165) is 10.3 Å². The molecule has 1 unspecified atom stereocenters. The second kappa shape index (κ2) is 2.49. The summed E-state index contributed by atoms with van der Waals surface area (Å²) in [6, 6.07) is 0.0712. The Balaban J connectivity index is 2.36. The minimum absolute atomic E-state index is 0.0712. The van der Waals surface area contributed by atoms with Gasteiger partial charge in [-0.1, -0.05) is 0 Å². The topological polar surface area (TPSA) is 36.8 Å². The molecule has 0 fully saturated rings. The van der Waals surface area contributed by atoms with Crippen molar-refractivity contribution in [2.24, 2.45) is 9.98 Å². The van der Waals surface area contributed by atoms with Crippen molar-refractivity contribution in [2.75, 3.05) is 0 Å². The van der Waals surface area contributed by atoms with Crippen molar-refractivity contribution in [1.82, 2.24) is 5.32 Å². The Kier molecular flexibility index (Phi) is 1.61. The Morgan fingerprint density at radius 3 is 3.27 bits per heavy atom. The maximum absolute atomic E-state index is 4.86. The zero-order valence-corrected chi connectivity index (χ0v) is 7.82. The molecule has 1 N–H and O–H groups in total. The van der Waals surface area contributed by atoms with Gasteiger partial charge in [0.05, 0.1) is 0 Å². The highest BCUT2D eigenvalue weighted by Crippen LogP contribution is 2.13. The molecular weight excluding hydrogens is 226 g/mol. The minimum atomic E-state index is 0.0712. The lowest BCUT2D eigenvalue weighted by Crippen LogP contribution is -2.30. The van der Waals surface area contributed by atoms with Crippen molar-refractivity contribution in [3.63, 3.8) is 0 Å². The SMILES string of the molecule is S=C1N=C2N=CC(Br)=CC2N1. The average molecular weight is 230 g/mol. The molecule has 0 aromatic heterocycles. The van der Waals surface area contributed by atoms with Crippen LogP contribution in [0.1, 0.15) is 0 Å². The van der Waals surface area contributed by atoms with E-state index in [2.05, 4.69) is 31.2 Å². The third-order valence-electron chi connectivity index (χ3n) is 1.42. The fourth-order valence-corrected chi connectivity index (χ4v) is 1.55. The number of hydrogen-bond donors (Lipinski definition) is 1. The number of amidine groups is 1. The van der Waals surface area contributed by atoms with Crippen LogP contribution in [0.25, 0.3) is 0 Å². The van der Waals surface area contributed by atoms with Gasteiger partial charge in [-0.2, -0.15) is 0 Å². The van der Waals surface area contributed by atoms with E-state index in [4.69, 9.17) is 12.2 Å². The van der Waals surface area contributed by atoms with E-state index in [1.165, 1.54) is 0 Å². The smallest absolute Gasteiger partial charge is 0.195 e. The lowest BCUT2D eigenvalue weighted by Gasteiger charge is -2.08. The van der Waals surface area contributed by atoms with Gasteiger partial charge in [0, 0.05) is 10.7 Å². The number of nitrogens with one attached hydrogen (secondary N) is 1. The number of nitrogens with zero attached hydrogens (tertiary/aromatic N) is 2. The second-order valence-corrected chi connectivity index (χ2v) is 3.51. The first-order valence-corrected chi connectivity index (χ1v) is 4.26. The van der Waals surface area contributed by atoms with E-state index in [1.54, 1.807) is 6.21 Å². The number of rotatable bonds is 0. The molecule has 2 heterocycles. The summed E-state index contributed by atoms with van der Waals surface area (Å²) in [6.07, 6.45) is 3.69. The summed E-state index contributed by atoms with van der Waals surface area (Å²) in [5, 5.41) is 3.51. The van der Waals surface area contributed by atoms with Crippen LogP contribution < -0.4 is 5.32 Å². The summed E-state index contributed by atoms with van der Waals surface area (Å²) in [4.78, 5) is 8.10. The highest BCUT2D eigenvalue weighted by molar-refractivity contribution is 9.12. The van der Waals surface area contributed by atoms with Crippen LogP contribution in [0.3, 0.4) is 0 Å². The zero-order chi connectivity index (χ0) is 7.84. The first-order chi connectivity index (χ1) is 5.25. The van der Waals surface area contributed by atoms with Gasteiger partial charge in [0.2, 0.25) is 0 Å². The van der Waals surface area contributed by atoms with Gasteiger partial charge in [0.25, 0.3) is 0 Å². The van der Waals surface area contributed by atoms with Crippen LogP contribution in [0.4, 0.5) is 0 Å². The largest absolute Gasteiger partial charge is 0.347 e. The van der Waals surface area contributed by atoms with Crippen LogP contribution >= 0.6 is 28.1 Å². The molecule has 3 nitrogen and oxygen atoms in total. The normalized spacial score (nSPS) is 27.4. The third kappa shape index (κ3) is 1.25. The van der Waals surface area contributed by atoms with E-state index in [-0.39, 0.29) is 6.04 Å². The lowest BCUT2D eigenvalue weighted by molar-refractivity contribution is 0.954. The van der Waals surface area contributed by atoms with Crippen LogP contribution in [0.15, 0.2) is 20.5 Å². The van der Waals surface area contributed by atoms with Gasteiger partial charge >= 0.3 is 0 Å². The van der Waals surface area contributed by atoms with E-state index in [1.807, 2.05) is 6.08 Å². The molecule has 5 heteroatoms. The highest BCUT2D eigenvalue weighted by Gasteiger charge is 2.23. The standard InChI is InChI=1S/C6H4BrN3S/c7-3-1-4-5(8-2-3)10-6(11)9-4/h1-2,4H,(H,9,11). The Morgan fingerprint density at radius 1 is 1.64 bits per heavy atom. The van der Waals surface area contributed by atoms with Crippen LogP contribution in [0.2, 0.25) is 0 Å². The fourth-order valence-electron chi connectivity index (χ4n) is 0.959. The van der Waals surface area contributed by atoms with Gasteiger partial charge in [-0.3, -0.25) is 0 Å². The molecule has 0 aliphatic carbocycles. The van der Waals surface area contributed by atoms with E-state index in [9.17, 15) is 0 Å². The summed E-state index contributed by atoms with van der Waals surface area (Å²) in [5.41, 5.74) is 0. The van der Waals surface area contributed by atoms with Gasteiger partial charge in [0.15, 0.2) is 10.9 Å². The Bertz CT molecular complexity index is 305. The molecule has 0 bridgehead atoms. The summed E-state index contributed by atoms with van der Waals surface area (Å²) in [7, 11) is 0. The number of dihydropyridines is 1. The van der Waals surface area contributed by atoms with Crippen molar-refractivity contribution in [3.8, 4) is 0 Å². The molecule has 2 aliphatic heterocycles. The average Bonchev–Trinajstić information content (AvgIpc) is 2.27. The molecule has 0 saturated heterocycles. The number of thiocarbonyl (C=S) groups is 1. The van der Waals surface area contributed by atoms with Crippen LogP contribution in [0.5, 0.6) is 0 Å². The van der Waals surface area contributed by atoms with Crippen LogP contribution in [-0.4, -0.2) is 23.2 Å². The molecule has 11 heavy (non-hydrogen) atoms. The first kappa shape index (κ1) is 7.12. The maximum atomic E-state index is 4.86. The molecule has 0 spiro atoms. The van der Waals surface area contributed by atoms with Crippen LogP contribution in [0, 0.1) is 0 Å². The first-order valence-electron chi connectivity index (χ1n) is 3.06. The van der Waals surface area contributed by atoms with Gasteiger partial charge < -0.3 is 5.32 Å². The number of halogens is 1. The second-order valence-electron chi connectivity index (χ2n) is 2.21. The fraction of sp³-hybridized carbons (Fsp3) is 0.167. The summed E-state index contributed by atoms with van der Waals surface area (Å²) >= 11 is 8.17.